The number of pyridine rings is 1. The molecule has 2 amide bonds. The van der Waals surface area contributed by atoms with Crippen LogP contribution >= 0.6 is 11.6 Å². The zero-order valence-electron chi connectivity index (χ0n) is 19.7. The molecule has 0 radical (unpaired) electrons. The number of aliphatic hydroxyl groups is 2. The average molecular weight is 497 g/mol. The van der Waals surface area contributed by atoms with Crippen molar-refractivity contribution in [1.82, 2.24) is 9.88 Å². The highest BCUT2D eigenvalue weighted by atomic mass is 35.5. The summed E-state index contributed by atoms with van der Waals surface area (Å²) in [4.78, 5) is 30.9. The van der Waals surface area contributed by atoms with Crippen LogP contribution in [0.1, 0.15) is 37.4 Å². The first kappa shape index (κ1) is 25.1. The molecule has 1 fully saturated rings. The Kier molecular flexibility index (Phi) is 7.40. The molecule has 0 bridgehead atoms. The zero-order chi connectivity index (χ0) is 25.3. The predicted molar refractivity (Wildman–Crippen MR) is 133 cm³/mol. The van der Waals surface area contributed by atoms with Crippen molar-refractivity contribution < 1.29 is 24.9 Å². The molecule has 1 saturated heterocycles. The van der Waals surface area contributed by atoms with Gasteiger partial charge in [0, 0.05) is 19.2 Å². The Labute approximate surface area is 209 Å². The van der Waals surface area contributed by atoms with Crippen molar-refractivity contribution in [2.24, 2.45) is 17.8 Å². The number of imide groups is 1. The molecule has 0 spiro atoms. The lowest BCUT2D eigenvalue weighted by Crippen LogP contribution is -2.38. The number of allylic oxidation sites excluding steroid dienone is 2. The number of halogens is 1. The Hall–Kier alpha value is -3.00. The fraction of sp³-hybridized carbons (Fsp3) is 0.370. The van der Waals surface area contributed by atoms with Gasteiger partial charge in [-0.2, -0.15) is 0 Å². The molecule has 1 aromatic carbocycles. The molecule has 184 valence electrons. The zero-order valence-corrected chi connectivity index (χ0v) is 20.4. The third-order valence-corrected chi connectivity index (χ3v) is 7.43. The molecule has 8 heteroatoms. The number of likely N-dealkylation sites (tertiary alicyclic amines) is 1. The quantitative estimate of drug-likeness (QED) is 0.398. The van der Waals surface area contributed by atoms with E-state index < -0.39 is 23.9 Å². The van der Waals surface area contributed by atoms with E-state index in [2.05, 4.69) is 4.98 Å². The van der Waals surface area contributed by atoms with Gasteiger partial charge in [0.05, 0.1) is 35.3 Å². The fourth-order valence-electron chi connectivity index (χ4n) is 5.37. The fourth-order valence-corrected chi connectivity index (χ4v) is 5.60. The molecule has 0 unspecified atom stereocenters. The molecule has 4 atom stereocenters. The van der Waals surface area contributed by atoms with Gasteiger partial charge in [-0.15, -0.1) is 0 Å². The SMILES string of the molecule is CC1=C([C@H](O)CC/C(=C/c2ccc(O)cc2Cl)c2ccccn2)[C@H](CO)[C@@H]2C(=O)N(C)C(=O)[C@@H]2C1. The van der Waals surface area contributed by atoms with Crippen molar-refractivity contribution in [3.8, 4) is 5.75 Å². The molecule has 1 aliphatic carbocycles. The van der Waals surface area contributed by atoms with Crippen LogP contribution in [0.5, 0.6) is 5.75 Å². The van der Waals surface area contributed by atoms with Gasteiger partial charge < -0.3 is 15.3 Å². The van der Waals surface area contributed by atoms with E-state index in [9.17, 15) is 24.9 Å². The standard InChI is InChI=1S/C27H29ClN2O5/c1-15-11-19-25(27(35)30(2)26(19)34)20(14-31)24(15)23(33)9-7-17(22-5-3-4-10-29-22)12-16-6-8-18(32)13-21(16)28/h3-6,8,10,12-13,19-20,23,25,31-33H,7,9,11,14H2,1-2H3/b17-12-/t19-,20+,23-,25-/m1/s1. The second-order valence-electron chi connectivity index (χ2n) is 9.24. The lowest BCUT2D eigenvalue weighted by atomic mass is 9.68. The van der Waals surface area contributed by atoms with E-state index in [4.69, 9.17) is 11.6 Å². The van der Waals surface area contributed by atoms with E-state index in [1.165, 1.54) is 13.1 Å². The second kappa shape index (κ2) is 10.3. The molecule has 2 heterocycles. The van der Waals surface area contributed by atoms with Crippen LogP contribution < -0.4 is 0 Å². The maximum Gasteiger partial charge on any atom is 0.233 e. The van der Waals surface area contributed by atoms with E-state index >= 15 is 0 Å². The van der Waals surface area contributed by atoms with E-state index in [-0.39, 0.29) is 24.2 Å². The monoisotopic (exact) mass is 496 g/mol. The average Bonchev–Trinajstić information content (AvgIpc) is 3.06. The van der Waals surface area contributed by atoms with Crippen LogP contribution in [-0.2, 0) is 9.59 Å². The summed E-state index contributed by atoms with van der Waals surface area (Å²) >= 11 is 6.32. The summed E-state index contributed by atoms with van der Waals surface area (Å²) in [6, 6.07) is 10.3. The summed E-state index contributed by atoms with van der Waals surface area (Å²) in [5.74, 6) is -2.18. The molecule has 4 rings (SSSR count). The number of carbonyl (C=O) groups is 2. The van der Waals surface area contributed by atoms with Crippen LogP contribution in [0.15, 0.2) is 53.7 Å². The molecule has 2 aromatic rings. The summed E-state index contributed by atoms with van der Waals surface area (Å²) < 4.78 is 0. The number of nitrogens with zero attached hydrogens (tertiary/aromatic N) is 2. The highest BCUT2D eigenvalue weighted by Gasteiger charge is 2.53. The van der Waals surface area contributed by atoms with Gasteiger partial charge in [-0.05, 0) is 79.3 Å². The Balaban J connectivity index is 1.61. The van der Waals surface area contributed by atoms with Crippen LogP contribution in [0.25, 0.3) is 11.6 Å². The maximum absolute atomic E-state index is 12.7. The van der Waals surface area contributed by atoms with Crippen molar-refractivity contribution in [1.29, 1.82) is 0 Å². The molecule has 0 saturated carbocycles. The number of benzene rings is 1. The van der Waals surface area contributed by atoms with Crippen LogP contribution in [0.4, 0.5) is 0 Å². The molecule has 1 aromatic heterocycles. The largest absolute Gasteiger partial charge is 0.508 e. The first-order valence-electron chi connectivity index (χ1n) is 11.6. The van der Waals surface area contributed by atoms with Crippen molar-refractivity contribution in [2.45, 2.75) is 32.3 Å². The molecule has 2 aliphatic rings. The normalized spacial score (nSPS) is 23.6. The summed E-state index contributed by atoms with van der Waals surface area (Å²) in [5.41, 5.74) is 3.78. The molecular formula is C27H29ClN2O5. The van der Waals surface area contributed by atoms with Crippen LogP contribution in [0.3, 0.4) is 0 Å². The van der Waals surface area contributed by atoms with Crippen LogP contribution in [0.2, 0.25) is 5.02 Å². The number of amides is 2. The predicted octanol–water partition coefficient (Wildman–Crippen LogP) is 3.68. The van der Waals surface area contributed by atoms with Gasteiger partial charge in [0.25, 0.3) is 0 Å². The molecule has 3 N–H and O–H groups in total. The molecule has 35 heavy (non-hydrogen) atoms. The maximum atomic E-state index is 12.7. The van der Waals surface area contributed by atoms with Gasteiger partial charge in [-0.25, -0.2) is 0 Å². The van der Waals surface area contributed by atoms with Gasteiger partial charge in [-0.1, -0.05) is 23.2 Å². The Morgan fingerprint density at radius 1 is 1.26 bits per heavy atom. The lowest BCUT2D eigenvalue weighted by molar-refractivity contribution is -0.138. The minimum Gasteiger partial charge on any atom is -0.508 e. The minimum atomic E-state index is -0.899. The van der Waals surface area contributed by atoms with Crippen LogP contribution in [0, 0.1) is 17.8 Å². The first-order chi connectivity index (χ1) is 16.7. The number of aromatic hydroxyl groups is 1. The number of phenols is 1. The van der Waals surface area contributed by atoms with Gasteiger partial charge in [0.15, 0.2) is 0 Å². The van der Waals surface area contributed by atoms with E-state index in [1.807, 2.05) is 31.2 Å². The number of fused-ring (bicyclic) bond motifs is 1. The van der Waals surface area contributed by atoms with Gasteiger partial charge >= 0.3 is 0 Å². The van der Waals surface area contributed by atoms with Crippen molar-refractivity contribution in [2.75, 3.05) is 13.7 Å². The smallest absolute Gasteiger partial charge is 0.233 e. The number of aromatic nitrogens is 1. The van der Waals surface area contributed by atoms with Crippen LogP contribution in [-0.4, -0.2) is 56.8 Å². The van der Waals surface area contributed by atoms with E-state index in [1.54, 1.807) is 18.3 Å². The number of phenolic OH excluding ortho intramolecular Hbond substituents is 1. The van der Waals surface area contributed by atoms with Gasteiger partial charge in [-0.3, -0.25) is 19.5 Å². The van der Waals surface area contributed by atoms with Crippen molar-refractivity contribution in [3.63, 3.8) is 0 Å². The summed E-state index contributed by atoms with van der Waals surface area (Å²) in [6.07, 6.45) is 3.85. The Morgan fingerprint density at radius 2 is 2.03 bits per heavy atom. The second-order valence-corrected chi connectivity index (χ2v) is 9.65. The number of carbonyl (C=O) groups excluding carboxylic acids is 2. The highest BCUT2D eigenvalue weighted by molar-refractivity contribution is 6.32. The minimum absolute atomic E-state index is 0.0700. The van der Waals surface area contributed by atoms with Gasteiger partial charge in [0.2, 0.25) is 11.8 Å². The molecule has 7 nitrogen and oxygen atoms in total. The van der Waals surface area contributed by atoms with E-state index in [0.717, 1.165) is 21.7 Å². The Bertz CT molecular complexity index is 1190. The first-order valence-corrected chi connectivity index (χ1v) is 12.0. The molecule has 1 aliphatic heterocycles. The molecular weight excluding hydrogens is 468 g/mol. The number of hydrogen-bond acceptors (Lipinski definition) is 6. The summed E-state index contributed by atoms with van der Waals surface area (Å²) in [7, 11) is 1.47. The highest BCUT2D eigenvalue weighted by Crippen LogP contribution is 2.45. The number of aliphatic hydroxyl groups excluding tert-OH is 2. The van der Waals surface area contributed by atoms with Crippen molar-refractivity contribution in [3.05, 3.63) is 70.0 Å². The van der Waals surface area contributed by atoms with Crippen molar-refractivity contribution >= 4 is 35.1 Å². The number of rotatable bonds is 7. The Morgan fingerprint density at radius 3 is 2.69 bits per heavy atom. The van der Waals surface area contributed by atoms with E-state index in [0.29, 0.717) is 35.4 Å². The third kappa shape index (κ3) is 4.89. The lowest BCUT2D eigenvalue weighted by Gasteiger charge is -2.35. The van der Waals surface area contributed by atoms with Gasteiger partial charge in [0.1, 0.15) is 5.75 Å². The third-order valence-electron chi connectivity index (χ3n) is 7.10. The summed E-state index contributed by atoms with van der Waals surface area (Å²) in [6.45, 7) is 1.54. The number of hydrogen-bond donors (Lipinski definition) is 3. The summed E-state index contributed by atoms with van der Waals surface area (Å²) in [5, 5.41) is 31.5. The topological polar surface area (TPSA) is 111 Å².